The van der Waals surface area contributed by atoms with E-state index in [1.165, 1.54) is 6.33 Å². The van der Waals surface area contributed by atoms with Gasteiger partial charge in [-0.1, -0.05) is 12.1 Å². The van der Waals surface area contributed by atoms with Crippen LogP contribution in [-0.4, -0.2) is 9.97 Å². The first-order valence-corrected chi connectivity index (χ1v) is 3.72. The maximum absolute atomic E-state index is 11.2. The monoisotopic (exact) mass is 232 g/mol. The zero-order valence-corrected chi connectivity index (χ0v) is 9.11. The van der Waals surface area contributed by atoms with Crippen LogP contribution < -0.4 is 5.56 Å². The Morgan fingerprint density at radius 1 is 1.29 bits per heavy atom. The van der Waals surface area contributed by atoms with Crippen LogP contribution in [0.1, 0.15) is 5.56 Å². The molecule has 1 heterocycles. The van der Waals surface area contributed by atoms with Crippen LogP contribution in [0.3, 0.4) is 0 Å². The van der Waals surface area contributed by atoms with Crippen LogP contribution in [0.25, 0.3) is 10.9 Å². The Hall–Kier alpha value is -1.06. The van der Waals surface area contributed by atoms with Crippen molar-refractivity contribution in [2.75, 3.05) is 0 Å². The van der Waals surface area contributed by atoms with Crippen molar-refractivity contribution in [1.29, 1.82) is 0 Å². The van der Waals surface area contributed by atoms with Crippen molar-refractivity contribution in [2.45, 2.75) is 6.92 Å². The van der Waals surface area contributed by atoms with E-state index in [1.807, 2.05) is 19.1 Å². The number of nitrogens with one attached hydrogen (secondary N) is 1. The van der Waals surface area contributed by atoms with Crippen LogP contribution >= 0.6 is 24.8 Å². The summed E-state index contributed by atoms with van der Waals surface area (Å²) in [6.07, 6.45) is 1.43. The van der Waals surface area contributed by atoms with E-state index in [9.17, 15) is 4.79 Å². The van der Waals surface area contributed by atoms with Gasteiger partial charge in [-0.25, -0.2) is 4.98 Å². The minimum atomic E-state index is -0.0799. The van der Waals surface area contributed by atoms with Gasteiger partial charge in [0.15, 0.2) is 0 Å². The molecule has 0 aliphatic heterocycles. The molecular weight excluding hydrogens is 223 g/mol. The third-order valence-electron chi connectivity index (χ3n) is 1.87. The number of benzene rings is 1. The molecule has 2 rings (SSSR count). The lowest BCUT2D eigenvalue weighted by Crippen LogP contribution is -2.06. The van der Waals surface area contributed by atoms with Crippen LogP contribution in [0.2, 0.25) is 0 Å². The van der Waals surface area contributed by atoms with Gasteiger partial charge in [-0.05, 0) is 18.6 Å². The number of aromatic nitrogens is 2. The molecule has 0 radical (unpaired) electrons. The molecule has 2 aromatic rings. The zero-order valence-electron chi connectivity index (χ0n) is 7.48. The van der Waals surface area contributed by atoms with Crippen molar-refractivity contribution in [1.82, 2.24) is 9.97 Å². The first-order chi connectivity index (χ1) is 5.79. The summed E-state index contributed by atoms with van der Waals surface area (Å²) in [5, 5.41) is 0.650. The minimum Gasteiger partial charge on any atom is -0.313 e. The lowest BCUT2D eigenvalue weighted by molar-refractivity contribution is 1.16. The fraction of sp³-hybridized carbons (Fsp3) is 0.111. The first kappa shape index (κ1) is 12.9. The van der Waals surface area contributed by atoms with E-state index in [0.29, 0.717) is 5.39 Å². The lowest BCUT2D eigenvalue weighted by Gasteiger charge is -1.97. The number of aromatic amines is 1. The summed E-state index contributed by atoms with van der Waals surface area (Å²) in [6, 6.07) is 5.57. The van der Waals surface area contributed by atoms with Crippen molar-refractivity contribution in [3.63, 3.8) is 0 Å². The first-order valence-electron chi connectivity index (χ1n) is 3.72. The number of rotatable bonds is 0. The minimum absolute atomic E-state index is 0. The van der Waals surface area contributed by atoms with Crippen LogP contribution in [0.5, 0.6) is 0 Å². The standard InChI is InChI=1S/C9H8N2O.2ClH/c1-6-3-2-4-7-8(6)10-5-11-9(7)12;;/h2-5H,1H3,(H,10,11,12);2*1H. The summed E-state index contributed by atoms with van der Waals surface area (Å²) in [7, 11) is 0. The summed E-state index contributed by atoms with van der Waals surface area (Å²) < 4.78 is 0. The van der Waals surface area contributed by atoms with E-state index in [2.05, 4.69) is 9.97 Å². The summed E-state index contributed by atoms with van der Waals surface area (Å²) in [4.78, 5) is 17.9. The van der Waals surface area contributed by atoms with Gasteiger partial charge in [0.1, 0.15) is 0 Å². The zero-order chi connectivity index (χ0) is 8.55. The Kier molecular flexibility index (Phi) is 4.60. The number of halogens is 2. The average molecular weight is 233 g/mol. The number of H-pyrrole nitrogens is 1. The molecule has 0 fully saturated rings. The molecule has 0 atom stereocenters. The molecule has 1 N–H and O–H groups in total. The second-order valence-corrected chi connectivity index (χ2v) is 2.70. The summed E-state index contributed by atoms with van der Waals surface area (Å²) in [5.41, 5.74) is 1.73. The molecule has 14 heavy (non-hydrogen) atoms. The molecule has 0 saturated carbocycles. The number of aryl methyl sites for hydroxylation is 1. The number of para-hydroxylation sites is 1. The molecular formula is C9H10Cl2N2O. The Bertz CT molecular complexity index is 481. The van der Waals surface area contributed by atoms with E-state index in [-0.39, 0.29) is 30.4 Å². The predicted octanol–water partition coefficient (Wildman–Crippen LogP) is 2.08. The molecule has 0 aliphatic carbocycles. The second kappa shape index (κ2) is 4.98. The summed E-state index contributed by atoms with van der Waals surface area (Å²) >= 11 is 0. The molecule has 3 nitrogen and oxygen atoms in total. The molecule has 1 aromatic heterocycles. The second-order valence-electron chi connectivity index (χ2n) is 2.70. The van der Waals surface area contributed by atoms with Gasteiger partial charge >= 0.3 is 0 Å². The van der Waals surface area contributed by atoms with Crippen molar-refractivity contribution in [3.8, 4) is 0 Å². The van der Waals surface area contributed by atoms with E-state index >= 15 is 0 Å². The molecule has 1 aromatic carbocycles. The van der Waals surface area contributed by atoms with E-state index in [0.717, 1.165) is 11.1 Å². The number of nitrogens with zero attached hydrogens (tertiary/aromatic N) is 1. The van der Waals surface area contributed by atoms with Crippen LogP contribution in [0.15, 0.2) is 29.3 Å². The molecule has 0 unspecified atom stereocenters. The normalized spacial score (nSPS) is 8.93. The molecule has 76 valence electrons. The van der Waals surface area contributed by atoms with Gasteiger partial charge in [-0.2, -0.15) is 0 Å². The van der Waals surface area contributed by atoms with Crippen molar-refractivity contribution in [2.24, 2.45) is 0 Å². The Morgan fingerprint density at radius 3 is 2.64 bits per heavy atom. The van der Waals surface area contributed by atoms with Crippen molar-refractivity contribution in [3.05, 3.63) is 40.4 Å². The third kappa shape index (κ3) is 2.05. The lowest BCUT2D eigenvalue weighted by atomic mass is 10.1. The molecule has 0 spiro atoms. The molecule has 0 saturated heterocycles. The maximum atomic E-state index is 11.2. The fourth-order valence-corrected chi connectivity index (χ4v) is 1.25. The van der Waals surface area contributed by atoms with Gasteiger partial charge in [-0.15, -0.1) is 24.8 Å². The highest BCUT2D eigenvalue weighted by Crippen LogP contribution is 2.09. The SMILES string of the molecule is Cc1cccc2c(=O)[nH]cnc12.Cl.Cl. The predicted molar refractivity (Wildman–Crippen MR) is 61.6 cm³/mol. The van der Waals surface area contributed by atoms with Gasteiger partial charge in [0, 0.05) is 0 Å². The van der Waals surface area contributed by atoms with Gasteiger partial charge in [-0.3, -0.25) is 4.79 Å². The van der Waals surface area contributed by atoms with Crippen molar-refractivity contribution < 1.29 is 0 Å². The van der Waals surface area contributed by atoms with Gasteiger partial charge < -0.3 is 4.98 Å². The van der Waals surface area contributed by atoms with Crippen LogP contribution in [0.4, 0.5) is 0 Å². The topological polar surface area (TPSA) is 45.8 Å². The number of hydrogen-bond donors (Lipinski definition) is 1. The van der Waals surface area contributed by atoms with Crippen molar-refractivity contribution >= 4 is 35.7 Å². The number of fused-ring (bicyclic) bond motifs is 1. The molecule has 0 amide bonds. The Labute approximate surface area is 93.4 Å². The molecule has 5 heteroatoms. The van der Waals surface area contributed by atoms with Gasteiger partial charge in [0.25, 0.3) is 5.56 Å². The van der Waals surface area contributed by atoms with Gasteiger partial charge in [0.05, 0.1) is 17.2 Å². The van der Waals surface area contributed by atoms with E-state index in [1.54, 1.807) is 6.07 Å². The Balaban J connectivity index is 0.000000845. The van der Waals surface area contributed by atoms with Crippen LogP contribution in [-0.2, 0) is 0 Å². The maximum Gasteiger partial charge on any atom is 0.258 e. The highest BCUT2D eigenvalue weighted by molar-refractivity contribution is 5.85. The molecule has 0 aliphatic rings. The Morgan fingerprint density at radius 2 is 2.00 bits per heavy atom. The highest BCUT2D eigenvalue weighted by Gasteiger charge is 1.99. The van der Waals surface area contributed by atoms with E-state index < -0.39 is 0 Å². The summed E-state index contributed by atoms with van der Waals surface area (Å²) in [5.74, 6) is 0. The highest BCUT2D eigenvalue weighted by atomic mass is 35.5. The third-order valence-corrected chi connectivity index (χ3v) is 1.87. The largest absolute Gasteiger partial charge is 0.313 e. The number of hydrogen-bond acceptors (Lipinski definition) is 2. The van der Waals surface area contributed by atoms with E-state index in [4.69, 9.17) is 0 Å². The van der Waals surface area contributed by atoms with Gasteiger partial charge in [0.2, 0.25) is 0 Å². The smallest absolute Gasteiger partial charge is 0.258 e. The van der Waals surface area contributed by atoms with Crippen LogP contribution in [0, 0.1) is 6.92 Å². The quantitative estimate of drug-likeness (QED) is 0.757. The summed E-state index contributed by atoms with van der Waals surface area (Å²) in [6.45, 7) is 1.94. The fourth-order valence-electron chi connectivity index (χ4n) is 1.25. The molecule has 0 bridgehead atoms. The average Bonchev–Trinajstić information content (AvgIpc) is 2.07.